The van der Waals surface area contributed by atoms with Gasteiger partial charge in [-0.2, -0.15) is 0 Å². The van der Waals surface area contributed by atoms with Crippen molar-refractivity contribution in [1.82, 2.24) is 4.90 Å². The largest absolute Gasteiger partial charge is 0.396 e. The third kappa shape index (κ3) is 4.58. The van der Waals surface area contributed by atoms with Crippen molar-refractivity contribution in [2.45, 2.75) is 32.7 Å². The van der Waals surface area contributed by atoms with E-state index >= 15 is 0 Å². The van der Waals surface area contributed by atoms with E-state index in [0.29, 0.717) is 38.5 Å². The lowest BCUT2D eigenvalue weighted by atomic mass is 10.0. The second kappa shape index (κ2) is 7.76. The molecule has 5 heteroatoms. The Kier molecular flexibility index (Phi) is 6.01. The van der Waals surface area contributed by atoms with Gasteiger partial charge in [0.2, 0.25) is 5.91 Å². The van der Waals surface area contributed by atoms with Crippen molar-refractivity contribution < 1.29 is 14.6 Å². The first-order valence-corrected chi connectivity index (χ1v) is 8.02. The van der Waals surface area contributed by atoms with E-state index in [1.54, 1.807) is 11.3 Å². The van der Waals surface area contributed by atoms with Crippen molar-refractivity contribution in [3.63, 3.8) is 0 Å². The molecule has 0 spiro atoms. The average molecular weight is 297 g/mol. The van der Waals surface area contributed by atoms with Gasteiger partial charge in [0.1, 0.15) is 0 Å². The first-order chi connectivity index (χ1) is 9.69. The number of carbonyl (C=O) groups is 1. The van der Waals surface area contributed by atoms with Crippen LogP contribution < -0.4 is 0 Å². The predicted octanol–water partition coefficient (Wildman–Crippen LogP) is 2.19. The van der Waals surface area contributed by atoms with Gasteiger partial charge in [-0.15, -0.1) is 11.3 Å². The van der Waals surface area contributed by atoms with Crippen LogP contribution in [0.5, 0.6) is 0 Å². The summed E-state index contributed by atoms with van der Waals surface area (Å²) in [6.07, 6.45) is 2.19. The number of ether oxygens (including phenoxy) is 1. The molecule has 0 radical (unpaired) electrons. The molecule has 1 N–H and O–H groups in total. The Morgan fingerprint density at radius 3 is 3.00 bits per heavy atom. The number of aryl methyl sites for hydroxylation is 1. The fourth-order valence-electron chi connectivity index (χ4n) is 2.43. The number of rotatable bonds is 7. The average Bonchev–Trinajstić information content (AvgIpc) is 3.06. The van der Waals surface area contributed by atoms with E-state index in [2.05, 4.69) is 19.1 Å². The van der Waals surface area contributed by atoms with Crippen LogP contribution in [0.4, 0.5) is 0 Å². The summed E-state index contributed by atoms with van der Waals surface area (Å²) >= 11 is 1.73. The summed E-state index contributed by atoms with van der Waals surface area (Å²) in [7, 11) is 0. The Labute approximate surface area is 124 Å². The Bertz CT molecular complexity index is 427. The van der Waals surface area contributed by atoms with Crippen molar-refractivity contribution in [2.75, 3.05) is 26.4 Å². The molecule has 20 heavy (non-hydrogen) atoms. The van der Waals surface area contributed by atoms with E-state index in [1.165, 1.54) is 9.75 Å². The van der Waals surface area contributed by atoms with Gasteiger partial charge in [-0.1, -0.05) is 0 Å². The van der Waals surface area contributed by atoms with Gasteiger partial charge in [0.25, 0.3) is 0 Å². The summed E-state index contributed by atoms with van der Waals surface area (Å²) in [6.45, 7) is 4.96. The van der Waals surface area contributed by atoms with Gasteiger partial charge in [0.15, 0.2) is 0 Å². The highest BCUT2D eigenvalue weighted by Gasteiger charge is 2.22. The molecule has 1 amide bonds. The molecular formula is C15H23NO3S. The third-order valence-corrected chi connectivity index (χ3v) is 4.55. The normalized spacial score (nSPS) is 18.4. The highest BCUT2D eigenvalue weighted by Crippen LogP contribution is 2.21. The van der Waals surface area contributed by atoms with E-state index in [4.69, 9.17) is 9.84 Å². The lowest BCUT2D eigenvalue weighted by molar-refractivity contribution is -0.133. The van der Waals surface area contributed by atoms with Crippen LogP contribution in [-0.4, -0.2) is 42.3 Å². The summed E-state index contributed by atoms with van der Waals surface area (Å²) in [6, 6.07) is 4.16. The molecule has 1 aliphatic rings. The highest BCUT2D eigenvalue weighted by atomic mass is 32.1. The van der Waals surface area contributed by atoms with Crippen LogP contribution in [0.3, 0.4) is 0 Å². The topological polar surface area (TPSA) is 49.8 Å². The van der Waals surface area contributed by atoms with Crippen LogP contribution in [0.1, 0.15) is 29.0 Å². The van der Waals surface area contributed by atoms with E-state index in [1.807, 2.05) is 4.90 Å². The number of hydrogen-bond acceptors (Lipinski definition) is 4. The fourth-order valence-corrected chi connectivity index (χ4v) is 3.34. The molecule has 1 atom stereocenters. The molecule has 4 nitrogen and oxygen atoms in total. The maximum Gasteiger partial charge on any atom is 0.223 e. The van der Waals surface area contributed by atoms with Crippen LogP contribution in [0.2, 0.25) is 0 Å². The van der Waals surface area contributed by atoms with E-state index in [0.717, 1.165) is 13.0 Å². The lowest BCUT2D eigenvalue weighted by Gasteiger charge is -2.23. The molecule has 1 aromatic rings. The Morgan fingerprint density at radius 2 is 2.40 bits per heavy atom. The molecule has 1 fully saturated rings. The Morgan fingerprint density at radius 1 is 1.55 bits per heavy atom. The maximum atomic E-state index is 12.4. The zero-order valence-electron chi connectivity index (χ0n) is 12.0. The first-order valence-electron chi connectivity index (χ1n) is 7.20. The predicted molar refractivity (Wildman–Crippen MR) is 79.7 cm³/mol. The van der Waals surface area contributed by atoms with Crippen molar-refractivity contribution in [2.24, 2.45) is 5.92 Å². The standard InChI is InChI=1S/C15H23NO3S/c1-12-3-4-14(20-12)10-16(6-2-7-17)15(18)9-13-5-8-19-11-13/h3-4,13,17H,2,5-11H2,1H3/t13-/m1/s1. The molecular weight excluding hydrogens is 274 g/mol. The summed E-state index contributed by atoms with van der Waals surface area (Å²) < 4.78 is 5.33. The summed E-state index contributed by atoms with van der Waals surface area (Å²) in [5.74, 6) is 0.546. The first kappa shape index (κ1) is 15.5. The molecule has 0 unspecified atom stereocenters. The maximum absolute atomic E-state index is 12.4. The van der Waals surface area contributed by atoms with Gasteiger partial charge in [-0.3, -0.25) is 4.79 Å². The molecule has 0 saturated carbocycles. The molecule has 1 aliphatic heterocycles. The summed E-state index contributed by atoms with van der Waals surface area (Å²) in [5.41, 5.74) is 0. The smallest absolute Gasteiger partial charge is 0.223 e. The van der Waals surface area contributed by atoms with Crippen molar-refractivity contribution in [3.8, 4) is 0 Å². The zero-order chi connectivity index (χ0) is 14.4. The number of amides is 1. The molecule has 1 saturated heterocycles. The van der Waals surface area contributed by atoms with E-state index < -0.39 is 0 Å². The van der Waals surface area contributed by atoms with Gasteiger partial charge >= 0.3 is 0 Å². The van der Waals surface area contributed by atoms with Gasteiger partial charge < -0.3 is 14.7 Å². The van der Waals surface area contributed by atoms with Gasteiger partial charge in [-0.25, -0.2) is 0 Å². The monoisotopic (exact) mass is 297 g/mol. The van der Waals surface area contributed by atoms with E-state index in [-0.39, 0.29) is 12.5 Å². The van der Waals surface area contributed by atoms with Crippen LogP contribution in [0.25, 0.3) is 0 Å². The SMILES string of the molecule is Cc1ccc(CN(CCCO)C(=O)C[C@H]2CCOC2)s1. The molecule has 2 rings (SSSR count). The van der Waals surface area contributed by atoms with Gasteiger partial charge in [-0.05, 0) is 37.8 Å². The van der Waals surface area contributed by atoms with Crippen LogP contribution in [0, 0.1) is 12.8 Å². The van der Waals surface area contributed by atoms with Crippen molar-refractivity contribution in [1.29, 1.82) is 0 Å². The zero-order valence-corrected chi connectivity index (χ0v) is 12.8. The summed E-state index contributed by atoms with van der Waals surface area (Å²) in [4.78, 5) is 16.8. The fraction of sp³-hybridized carbons (Fsp3) is 0.667. The second-order valence-electron chi connectivity index (χ2n) is 5.34. The quantitative estimate of drug-likeness (QED) is 0.839. The van der Waals surface area contributed by atoms with Gasteiger partial charge in [0, 0.05) is 42.5 Å². The third-order valence-electron chi connectivity index (χ3n) is 3.57. The molecule has 0 aliphatic carbocycles. The van der Waals surface area contributed by atoms with Gasteiger partial charge in [0.05, 0.1) is 6.54 Å². The number of aliphatic hydroxyl groups is 1. The van der Waals surface area contributed by atoms with Crippen molar-refractivity contribution in [3.05, 3.63) is 21.9 Å². The Hall–Kier alpha value is -0.910. The van der Waals surface area contributed by atoms with Crippen LogP contribution in [0.15, 0.2) is 12.1 Å². The molecule has 112 valence electrons. The number of hydrogen-bond donors (Lipinski definition) is 1. The minimum atomic E-state index is 0.125. The minimum Gasteiger partial charge on any atom is -0.396 e. The summed E-state index contributed by atoms with van der Waals surface area (Å²) in [5, 5.41) is 9.00. The Balaban J connectivity index is 1.92. The van der Waals surface area contributed by atoms with E-state index in [9.17, 15) is 4.79 Å². The van der Waals surface area contributed by atoms with Crippen molar-refractivity contribution >= 4 is 17.2 Å². The second-order valence-corrected chi connectivity index (χ2v) is 6.71. The molecule has 0 aromatic carbocycles. The number of thiophene rings is 1. The number of nitrogens with zero attached hydrogens (tertiary/aromatic N) is 1. The van der Waals surface area contributed by atoms with Crippen LogP contribution >= 0.6 is 11.3 Å². The molecule has 0 bridgehead atoms. The molecule has 1 aromatic heterocycles. The number of aliphatic hydroxyl groups excluding tert-OH is 1. The molecule has 2 heterocycles. The number of carbonyl (C=O) groups excluding carboxylic acids is 1. The highest BCUT2D eigenvalue weighted by molar-refractivity contribution is 7.11. The lowest BCUT2D eigenvalue weighted by Crippen LogP contribution is -2.33. The minimum absolute atomic E-state index is 0.125. The van der Waals surface area contributed by atoms with Crippen LogP contribution in [-0.2, 0) is 16.1 Å².